The number of carbonyl (C=O) groups is 1. The van der Waals surface area contributed by atoms with Gasteiger partial charge >= 0.3 is 0 Å². The van der Waals surface area contributed by atoms with Crippen molar-refractivity contribution in [3.8, 4) is 6.07 Å². The molecule has 0 radical (unpaired) electrons. The van der Waals surface area contributed by atoms with Gasteiger partial charge in [0.2, 0.25) is 0 Å². The number of Topliss-reactive ketones (excluding diaryl/α,β-unsaturated/α-hetero) is 1. The Morgan fingerprint density at radius 2 is 2.12 bits per heavy atom. The lowest BCUT2D eigenvalue weighted by Crippen LogP contribution is -2.10. The third-order valence-electron chi connectivity index (χ3n) is 3.22. The first-order valence-corrected chi connectivity index (χ1v) is 5.84. The Kier molecular flexibility index (Phi) is 3.36. The van der Waals surface area contributed by atoms with Gasteiger partial charge in [0, 0.05) is 12.3 Å². The Bertz CT molecular complexity index is 431. The monoisotopic (exact) mass is 213 g/mol. The zero-order chi connectivity index (χ0) is 11.4. The number of rotatable bonds is 1. The maximum Gasteiger partial charge on any atom is 0.140 e. The van der Waals surface area contributed by atoms with E-state index in [1.165, 1.54) is 0 Å². The Labute approximate surface area is 95.9 Å². The van der Waals surface area contributed by atoms with E-state index in [2.05, 4.69) is 6.07 Å². The van der Waals surface area contributed by atoms with E-state index in [1.807, 2.05) is 18.2 Å². The van der Waals surface area contributed by atoms with Crippen LogP contribution in [0.4, 0.5) is 0 Å². The molecule has 2 nitrogen and oxygen atoms in total. The van der Waals surface area contributed by atoms with Crippen molar-refractivity contribution in [1.82, 2.24) is 0 Å². The number of benzene rings is 1. The summed E-state index contributed by atoms with van der Waals surface area (Å²) < 4.78 is 0. The predicted octanol–water partition coefficient (Wildman–Crippen LogP) is 3.18. The lowest BCUT2D eigenvalue weighted by atomic mass is 9.90. The normalized spacial score (nSPS) is 21.2. The molecule has 0 aliphatic heterocycles. The molecule has 0 saturated heterocycles. The summed E-state index contributed by atoms with van der Waals surface area (Å²) in [6.07, 6.45) is 4.93. The van der Waals surface area contributed by atoms with Gasteiger partial charge in [-0.1, -0.05) is 25.0 Å². The molecule has 0 heterocycles. The second-order valence-corrected chi connectivity index (χ2v) is 4.36. The van der Waals surface area contributed by atoms with Gasteiger partial charge in [-0.2, -0.15) is 5.26 Å². The van der Waals surface area contributed by atoms with Crippen molar-refractivity contribution in [2.45, 2.75) is 38.0 Å². The SMILES string of the molecule is N#Cc1cccc(C2CCCCCC2=O)c1. The maximum absolute atomic E-state index is 11.9. The number of ketones is 1. The fraction of sp³-hybridized carbons (Fsp3) is 0.429. The van der Waals surface area contributed by atoms with E-state index < -0.39 is 0 Å². The highest BCUT2D eigenvalue weighted by Crippen LogP contribution is 2.29. The highest BCUT2D eigenvalue weighted by Gasteiger charge is 2.22. The molecule has 1 fully saturated rings. The van der Waals surface area contributed by atoms with Crippen molar-refractivity contribution in [3.05, 3.63) is 35.4 Å². The molecule has 0 bridgehead atoms. The fourth-order valence-corrected chi connectivity index (χ4v) is 2.34. The van der Waals surface area contributed by atoms with E-state index in [0.717, 1.165) is 31.2 Å². The van der Waals surface area contributed by atoms with Crippen LogP contribution in [0.2, 0.25) is 0 Å². The molecular formula is C14H15NO. The van der Waals surface area contributed by atoms with E-state index >= 15 is 0 Å². The first-order valence-electron chi connectivity index (χ1n) is 5.84. The van der Waals surface area contributed by atoms with Gasteiger partial charge in [0.05, 0.1) is 11.6 Å². The van der Waals surface area contributed by atoms with Gasteiger partial charge < -0.3 is 0 Å². The average molecular weight is 213 g/mol. The van der Waals surface area contributed by atoms with E-state index in [0.29, 0.717) is 17.8 Å². The van der Waals surface area contributed by atoms with Crippen LogP contribution in [-0.2, 0) is 4.79 Å². The molecule has 2 heteroatoms. The molecule has 82 valence electrons. The average Bonchev–Trinajstić information content (AvgIpc) is 2.54. The Hall–Kier alpha value is -1.62. The maximum atomic E-state index is 11.9. The smallest absolute Gasteiger partial charge is 0.140 e. The molecule has 0 aromatic heterocycles. The lowest BCUT2D eigenvalue weighted by Gasteiger charge is -2.13. The third kappa shape index (κ3) is 2.30. The van der Waals surface area contributed by atoms with Crippen LogP contribution in [0.5, 0.6) is 0 Å². The highest BCUT2D eigenvalue weighted by atomic mass is 16.1. The molecule has 1 aromatic rings. The molecule has 1 aliphatic carbocycles. The van der Waals surface area contributed by atoms with Crippen molar-refractivity contribution >= 4 is 5.78 Å². The molecule has 1 atom stereocenters. The van der Waals surface area contributed by atoms with Crippen LogP contribution >= 0.6 is 0 Å². The standard InChI is InChI=1S/C14H15NO/c15-10-11-5-4-6-12(9-11)13-7-2-1-3-8-14(13)16/h4-6,9,13H,1-3,7-8H2. The summed E-state index contributed by atoms with van der Waals surface area (Å²) in [5.41, 5.74) is 1.67. The number of nitrogens with zero attached hydrogens (tertiary/aromatic N) is 1. The first-order chi connectivity index (χ1) is 7.81. The van der Waals surface area contributed by atoms with Crippen LogP contribution < -0.4 is 0 Å². The summed E-state index contributed by atoms with van der Waals surface area (Å²) in [5, 5.41) is 8.85. The van der Waals surface area contributed by atoms with E-state index in [4.69, 9.17) is 5.26 Å². The van der Waals surface area contributed by atoms with Gasteiger partial charge in [0.25, 0.3) is 0 Å². The molecule has 1 unspecified atom stereocenters. The second kappa shape index (κ2) is 4.94. The third-order valence-corrected chi connectivity index (χ3v) is 3.22. The number of hydrogen-bond donors (Lipinski definition) is 0. The minimum atomic E-state index is 0.0239. The molecule has 0 N–H and O–H groups in total. The van der Waals surface area contributed by atoms with Gasteiger partial charge in [-0.15, -0.1) is 0 Å². The van der Waals surface area contributed by atoms with E-state index in [1.54, 1.807) is 6.07 Å². The molecule has 0 amide bonds. The Balaban J connectivity index is 2.27. The van der Waals surface area contributed by atoms with Crippen molar-refractivity contribution in [2.24, 2.45) is 0 Å². The minimum absolute atomic E-state index is 0.0239. The molecule has 1 aromatic carbocycles. The van der Waals surface area contributed by atoms with Crippen LogP contribution in [0, 0.1) is 11.3 Å². The van der Waals surface area contributed by atoms with Gasteiger partial charge in [-0.05, 0) is 30.5 Å². The van der Waals surface area contributed by atoms with Gasteiger partial charge in [-0.3, -0.25) is 4.79 Å². The number of carbonyl (C=O) groups excluding carboxylic acids is 1. The fourth-order valence-electron chi connectivity index (χ4n) is 2.34. The molecular weight excluding hydrogens is 198 g/mol. The molecule has 2 rings (SSSR count). The highest BCUT2D eigenvalue weighted by molar-refractivity contribution is 5.86. The van der Waals surface area contributed by atoms with Gasteiger partial charge in [0.1, 0.15) is 5.78 Å². The summed E-state index contributed by atoms with van der Waals surface area (Å²) in [6.45, 7) is 0. The largest absolute Gasteiger partial charge is 0.299 e. The minimum Gasteiger partial charge on any atom is -0.299 e. The van der Waals surface area contributed by atoms with E-state index in [-0.39, 0.29) is 5.92 Å². The summed E-state index contributed by atoms with van der Waals surface area (Å²) >= 11 is 0. The first kappa shape index (κ1) is 10.9. The predicted molar refractivity (Wildman–Crippen MR) is 62.0 cm³/mol. The quantitative estimate of drug-likeness (QED) is 0.672. The van der Waals surface area contributed by atoms with E-state index in [9.17, 15) is 4.79 Å². The zero-order valence-corrected chi connectivity index (χ0v) is 9.28. The van der Waals surface area contributed by atoms with Crippen LogP contribution in [-0.4, -0.2) is 5.78 Å². The van der Waals surface area contributed by atoms with Crippen LogP contribution in [0.15, 0.2) is 24.3 Å². The van der Waals surface area contributed by atoms with Crippen LogP contribution in [0.1, 0.15) is 49.1 Å². The Morgan fingerprint density at radius 1 is 1.25 bits per heavy atom. The van der Waals surface area contributed by atoms with Crippen molar-refractivity contribution in [1.29, 1.82) is 5.26 Å². The summed E-state index contributed by atoms with van der Waals surface area (Å²) in [5.74, 6) is 0.364. The molecule has 0 spiro atoms. The van der Waals surface area contributed by atoms with Gasteiger partial charge in [-0.25, -0.2) is 0 Å². The topological polar surface area (TPSA) is 40.9 Å². The molecule has 1 saturated carbocycles. The summed E-state index contributed by atoms with van der Waals surface area (Å²) in [4.78, 5) is 11.9. The lowest BCUT2D eigenvalue weighted by molar-refractivity contribution is -0.120. The zero-order valence-electron chi connectivity index (χ0n) is 9.28. The van der Waals surface area contributed by atoms with Crippen molar-refractivity contribution < 1.29 is 4.79 Å². The van der Waals surface area contributed by atoms with Crippen LogP contribution in [0.3, 0.4) is 0 Å². The molecule has 16 heavy (non-hydrogen) atoms. The summed E-state index contributed by atoms with van der Waals surface area (Å²) in [6, 6.07) is 9.60. The van der Waals surface area contributed by atoms with Crippen molar-refractivity contribution in [2.75, 3.05) is 0 Å². The number of nitriles is 1. The Morgan fingerprint density at radius 3 is 2.94 bits per heavy atom. The molecule has 1 aliphatic rings. The summed E-state index contributed by atoms with van der Waals surface area (Å²) in [7, 11) is 0. The number of hydrogen-bond acceptors (Lipinski definition) is 2. The van der Waals surface area contributed by atoms with Gasteiger partial charge in [0.15, 0.2) is 0 Å². The second-order valence-electron chi connectivity index (χ2n) is 4.36. The van der Waals surface area contributed by atoms with Crippen molar-refractivity contribution in [3.63, 3.8) is 0 Å². The van der Waals surface area contributed by atoms with Crippen LogP contribution in [0.25, 0.3) is 0 Å².